The van der Waals surface area contributed by atoms with Gasteiger partial charge in [0.05, 0.1) is 6.61 Å². The molecule has 1 heterocycles. The van der Waals surface area contributed by atoms with Gasteiger partial charge in [-0.15, -0.1) is 0 Å². The Morgan fingerprint density at radius 2 is 2.08 bits per heavy atom. The maximum atomic E-state index is 5.31. The van der Waals surface area contributed by atoms with Gasteiger partial charge in [-0.3, -0.25) is 0 Å². The van der Waals surface area contributed by atoms with E-state index in [1.165, 1.54) is 6.42 Å². The lowest BCUT2D eigenvalue weighted by Gasteiger charge is -2.30. The lowest BCUT2D eigenvalue weighted by atomic mass is 9.87. The first-order valence-electron chi connectivity index (χ1n) is 4.84. The van der Waals surface area contributed by atoms with E-state index >= 15 is 0 Å². The molecule has 0 aromatic heterocycles. The summed E-state index contributed by atoms with van der Waals surface area (Å²) in [7, 11) is 0. The van der Waals surface area contributed by atoms with E-state index in [9.17, 15) is 0 Å². The largest absolute Gasteiger partial charge is 0.380 e. The van der Waals surface area contributed by atoms with E-state index < -0.39 is 0 Å². The van der Waals surface area contributed by atoms with Crippen LogP contribution >= 0.6 is 0 Å². The topological polar surface area (TPSA) is 21.3 Å². The van der Waals surface area contributed by atoms with Crippen molar-refractivity contribution in [3.05, 3.63) is 0 Å². The molecule has 2 heteroatoms. The molecule has 12 heavy (non-hydrogen) atoms. The summed E-state index contributed by atoms with van der Waals surface area (Å²) in [6.07, 6.45) is 1.17. The summed E-state index contributed by atoms with van der Waals surface area (Å²) in [5.41, 5.74) is 0.350. The van der Waals surface area contributed by atoms with Gasteiger partial charge in [0.1, 0.15) is 0 Å². The highest BCUT2D eigenvalue weighted by Gasteiger charge is 2.24. The zero-order valence-corrected chi connectivity index (χ0v) is 8.68. The third kappa shape index (κ3) is 2.76. The summed E-state index contributed by atoms with van der Waals surface area (Å²) in [5.74, 6) is 0. The molecule has 2 atom stereocenters. The number of hydrogen-bond donors (Lipinski definition) is 1. The van der Waals surface area contributed by atoms with Gasteiger partial charge in [-0.2, -0.15) is 0 Å². The van der Waals surface area contributed by atoms with Crippen LogP contribution in [0.2, 0.25) is 0 Å². The highest BCUT2D eigenvalue weighted by atomic mass is 16.5. The molecule has 0 spiro atoms. The third-order valence-corrected chi connectivity index (χ3v) is 2.71. The molecule has 0 amide bonds. The van der Waals surface area contributed by atoms with Crippen molar-refractivity contribution >= 4 is 0 Å². The Labute approximate surface area is 75.7 Å². The van der Waals surface area contributed by atoms with Crippen molar-refractivity contribution in [1.29, 1.82) is 0 Å². The smallest absolute Gasteiger partial charge is 0.0620 e. The van der Waals surface area contributed by atoms with Gasteiger partial charge in [0.25, 0.3) is 0 Å². The van der Waals surface area contributed by atoms with E-state index in [2.05, 4.69) is 33.0 Å². The van der Waals surface area contributed by atoms with Gasteiger partial charge >= 0.3 is 0 Å². The predicted molar refractivity (Wildman–Crippen MR) is 51.3 cm³/mol. The van der Waals surface area contributed by atoms with Crippen LogP contribution in [0.1, 0.15) is 34.1 Å². The van der Waals surface area contributed by atoms with Crippen molar-refractivity contribution in [3.63, 3.8) is 0 Å². The van der Waals surface area contributed by atoms with E-state index in [0.29, 0.717) is 17.5 Å². The molecule has 72 valence electrons. The van der Waals surface area contributed by atoms with Crippen LogP contribution in [0.4, 0.5) is 0 Å². The molecular weight excluding hydrogens is 150 g/mol. The molecule has 1 N–H and O–H groups in total. The maximum Gasteiger partial charge on any atom is 0.0620 e. The van der Waals surface area contributed by atoms with Crippen LogP contribution in [0.25, 0.3) is 0 Å². The Bertz CT molecular complexity index is 133. The fourth-order valence-electron chi connectivity index (χ4n) is 1.27. The van der Waals surface area contributed by atoms with E-state index in [1.807, 2.05) is 0 Å². The van der Waals surface area contributed by atoms with Gasteiger partial charge < -0.3 is 10.1 Å². The van der Waals surface area contributed by atoms with Crippen molar-refractivity contribution in [1.82, 2.24) is 5.32 Å². The molecule has 0 aliphatic carbocycles. The Morgan fingerprint density at radius 1 is 1.42 bits per heavy atom. The SMILES string of the molecule is CC(NC1CCOC1)C(C)(C)C. The second-order valence-electron chi connectivity index (χ2n) is 4.81. The van der Waals surface area contributed by atoms with Crippen molar-refractivity contribution in [3.8, 4) is 0 Å². The van der Waals surface area contributed by atoms with Crippen LogP contribution in [0, 0.1) is 5.41 Å². The fraction of sp³-hybridized carbons (Fsp3) is 1.00. The van der Waals surface area contributed by atoms with Gasteiger partial charge in [-0.05, 0) is 18.8 Å². The summed E-state index contributed by atoms with van der Waals surface area (Å²) in [4.78, 5) is 0. The molecule has 1 aliphatic heterocycles. The minimum Gasteiger partial charge on any atom is -0.380 e. The molecule has 2 unspecified atom stereocenters. The summed E-state index contributed by atoms with van der Waals surface area (Å²) in [6, 6.07) is 1.14. The lowest BCUT2D eigenvalue weighted by Crippen LogP contribution is -2.44. The molecule has 0 aromatic rings. The second kappa shape index (κ2) is 3.75. The number of nitrogens with one attached hydrogen (secondary N) is 1. The standard InChI is InChI=1S/C10H21NO/c1-8(10(2,3)4)11-9-5-6-12-7-9/h8-9,11H,5-7H2,1-4H3. The predicted octanol–water partition coefficient (Wildman–Crippen LogP) is 1.80. The molecule has 1 fully saturated rings. The molecule has 0 aromatic carbocycles. The first kappa shape index (κ1) is 10.0. The summed E-state index contributed by atoms with van der Waals surface area (Å²) >= 11 is 0. The van der Waals surface area contributed by atoms with Crippen LogP contribution in [0.15, 0.2) is 0 Å². The third-order valence-electron chi connectivity index (χ3n) is 2.71. The van der Waals surface area contributed by atoms with E-state index in [1.54, 1.807) is 0 Å². The second-order valence-corrected chi connectivity index (χ2v) is 4.81. The van der Waals surface area contributed by atoms with Crippen LogP contribution < -0.4 is 5.32 Å². The molecule has 0 bridgehead atoms. The first-order chi connectivity index (χ1) is 5.50. The van der Waals surface area contributed by atoms with Gasteiger partial charge in [0.2, 0.25) is 0 Å². The zero-order chi connectivity index (χ0) is 9.19. The number of hydrogen-bond acceptors (Lipinski definition) is 2. The van der Waals surface area contributed by atoms with Crippen LogP contribution in [0.5, 0.6) is 0 Å². The van der Waals surface area contributed by atoms with E-state index in [-0.39, 0.29) is 0 Å². The minimum atomic E-state index is 0.350. The highest BCUT2D eigenvalue weighted by Crippen LogP contribution is 2.20. The Kier molecular flexibility index (Phi) is 3.13. The number of ether oxygens (including phenoxy) is 1. The summed E-state index contributed by atoms with van der Waals surface area (Å²) in [6.45, 7) is 10.9. The molecule has 0 saturated carbocycles. The van der Waals surface area contributed by atoms with Crippen LogP contribution in [0.3, 0.4) is 0 Å². The summed E-state index contributed by atoms with van der Waals surface area (Å²) in [5, 5.41) is 3.59. The highest BCUT2D eigenvalue weighted by molar-refractivity contribution is 4.81. The Morgan fingerprint density at radius 3 is 2.50 bits per heavy atom. The molecule has 1 rings (SSSR count). The van der Waals surface area contributed by atoms with Gasteiger partial charge in [0.15, 0.2) is 0 Å². The normalized spacial score (nSPS) is 27.5. The van der Waals surface area contributed by atoms with Gasteiger partial charge in [-0.1, -0.05) is 20.8 Å². The van der Waals surface area contributed by atoms with Crippen LogP contribution in [-0.4, -0.2) is 25.3 Å². The zero-order valence-electron chi connectivity index (χ0n) is 8.68. The molecular formula is C10H21NO. The molecule has 1 aliphatic rings. The fourth-order valence-corrected chi connectivity index (χ4v) is 1.27. The average molecular weight is 171 g/mol. The van der Waals surface area contributed by atoms with Gasteiger partial charge in [-0.25, -0.2) is 0 Å². The average Bonchev–Trinajstić information content (AvgIpc) is 2.37. The van der Waals surface area contributed by atoms with Crippen molar-refractivity contribution < 1.29 is 4.74 Å². The Hall–Kier alpha value is -0.0800. The molecule has 2 nitrogen and oxygen atoms in total. The van der Waals surface area contributed by atoms with Crippen molar-refractivity contribution in [2.45, 2.75) is 46.2 Å². The molecule has 1 saturated heterocycles. The van der Waals surface area contributed by atoms with Gasteiger partial charge in [0, 0.05) is 18.7 Å². The van der Waals surface area contributed by atoms with E-state index in [0.717, 1.165) is 13.2 Å². The quantitative estimate of drug-likeness (QED) is 0.684. The maximum absolute atomic E-state index is 5.31. The monoisotopic (exact) mass is 171 g/mol. The van der Waals surface area contributed by atoms with Crippen molar-refractivity contribution in [2.24, 2.45) is 5.41 Å². The van der Waals surface area contributed by atoms with E-state index in [4.69, 9.17) is 4.74 Å². The van der Waals surface area contributed by atoms with Crippen molar-refractivity contribution in [2.75, 3.05) is 13.2 Å². The molecule has 0 radical (unpaired) electrons. The Balaban J connectivity index is 2.30. The lowest BCUT2D eigenvalue weighted by molar-refractivity contribution is 0.181. The number of rotatable bonds is 2. The first-order valence-corrected chi connectivity index (χ1v) is 4.84. The van der Waals surface area contributed by atoms with Crippen LogP contribution in [-0.2, 0) is 4.74 Å². The summed E-state index contributed by atoms with van der Waals surface area (Å²) < 4.78 is 5.31. The minimum absolute atomic E-state index is 0.350.